The largest absolute Gasteiger partial charge is 2.00 e. The maximum absolute atomic E-state index is 12.0. The second kappa shape index (κ2) is 40.1. The fourth-order valence-electron chi connectivity index (χ4n) is 5.30. The molecule has 0 amide bonds. The molecule has 432 valence electrons. The van der Waals surface area contributed by atoms with Crippen molar-refractivity contribution in [1.29, 1.82) is 21.0 Å². The molecule has 80 heavy (non-hydrogen) atoms. The second-order valence-corrected chi connectivity index (χ2v) is 18.1. The summed E-state index contributed by atoms with van der Waals surface area (Å²) in [5.41, 5.74) is -1.14. The first-order valence-corrected chi connectivity index (χ1v) is 25.1. The molecule has 4 aromatic carbocycles. The van der Waals surface area contributed by atoms with Gasteiger partial charge in [0.1, 0.15) is 0 Å². The Morgan fingerprint density at radius 3 is 0.925 bits per heavy atom. The molecule has 0 bridgehead atoms. The van der Waals surface area contributed by atoms with Crippen LogP contribution >= 0.6 is 0 Å². The predicted octanol–water partition coefficient (Wildman–Crippen LogP) is 12.4. The number of aromatic nitrogens is 2. The zero-order valence-electron chi connectivity index (χ0n) is 44.4. The first-order valence-electron chi connectivity index (χ1n) is 22.3. The van der Waals surface area contributed by atoms with E-state index in [9.17, 15) is 36.6 Å². The summed E-state index contributed by atoms with van der Waals surface area (Å²) < 4.78 is 118. The summed E-state index contributed by atoms with van der Waals surface area (Å²) in [6.07, 6.45) is 0. The molecule has 0 spiro atoms. The number of nitriles is 4. The quantitative estimate of drug-likeness (QED) is 0.0450. The number of aliphatic imine (C=N–C) groups is 2. The zero-order chi connectivity index (χ0) is 60.5. The average molecular weight is 1330 g/mol. The fraction of sp³-hybridized carbons (Fsp3) is 0.259. The molecule has 0 aliphatic carbocycles. The molecule has 6 aromatic rings. The first-order chi connectivity index (χ1) is 36.2. The molecule has 2 aromatic heterocycles. The van der Waals surface area contributed by atoms with Crippen LogP contribution in [-0.4, -0.2) is 58.3 Å². The summed E-state index contributed by atoms with van der Waals surface area (Å²) in [6.45, 7) is 18.3. The van der Waals surface area contributed by atoms with Crippen LogP contribution in [0.5, 0.6) is 11.5 Å². The molecule has 0 atom stereocenters. The van der Waals surface area contributed by atoms with Gasteiger partial charge in [0.05, 0.1) is 69.9 Å². The van der Waals surface area contributed by atoms with E-state index in [1.54, 1.807) is 60.7 Å². The van der Waals surface area contributed by atoms with Crippen molar-refractivity contribution in [3.8, 4) is 58.3 Å². The van der Waals surface area contributed by atoms with Crippen LogP contribution in [0.1, 0.15) is 104 Å². The van der Waals surface area contributed by atoms with Gasteiger partial charge in [-0.3, -0.25) is 9.98 Å². The normalized spacial score (nSPS) is 10.6. The van der Waals surface area contributed by atoms with Gasteiger partial charge in [-0.2, -0.15) is 47.4 Å². The van der Waals surface area contributed by atoms with Gasteiger partial charge < -0.3 is 19.3 Å². The summed E-state index contributed by atoms with van der Waals surface area (Å²) >= 11 is 0. The Balaban J connectivity index is -0.000000486. The average Bonchev–Trinajstić information content (AvgIpc) is 3.35. The summed E-state index contributed by atoms with van der Waals surface area (Å²) in [5, 5.41) is 53.3. The Kier molecular flexibility index (Phi) is 39.7. The third kappa shape index (κ3) is 31.4. The Hall–Kier alpha value is -7.20. The molecule has 0 aliphatic heterocycles. The van der Waals surface area contributed by atoms with Crippen LogP contribution in [0.3, 0.4) is 0 Å². The molecular weight excluding hydrogens is 1280 g/mol. The SMILES string of the molecule is CC#N.CC#N.CC#N.CC#N.CC(=Nc1ccc(C(C)C)cc1)c1cccc(-c2ccccc2[O-])n1.CC(=Nc1ccc(C(C)C)cc1)c1cccc(-c2ccccc2[O-])n1.O=S(=O)([O-])C(F)(F)F.O=S(=O)([O-])C(F)(F)F.[Pd+2].[Pd+2]. The smallest absolute Gasteiger partial charge is 0.872 e. The third-order valence-electron chi connectivity index (χ3n) is 8.85. The van der Waals surface area contributed by atoms with Gasteiger partial charge in [0.2, 0.25) is 0 Å². The van der Waals surface area contributed by atoms with Crippen LogP contribution in [0.15, 0.2) is 143 Å². The summed E-state index contributed by atoms with van der Waals surface area (Å²) in [6, 6.07) is 48.8. The van der Waals surface area contributed by atoms with Crippen LogP contribution in [0.2, 0.25) is 0 Å². The Bertz CT molecular complexity index is 3020. The van der Waals surface area contributed by atoms with Crippen molar-refractivity contribution < 1.29 is 103 Å². The number of alkyl halides is 6. The van der Waals surface area contributed by atoms with E-state index in [-0.39, 0.29) is 52.3 Å². The van der Waals surface area contributed by atoms with E-state index < -0.39 is 31.3 Å². The van der Waals surface area contributed by atoms with E-state index >= 15 is 0 Å². The van der Waals surface area contributed by atoms with Gasteiger partial charge in [-0.25, -0.2) is 26.8 Å². The van der Waals surface area contributed by atoms with E-state index in [1.165, 1.54) is 38.8 Å². The van der Waals surface area contributed by atoms with E-state index in [2.05, 4.69) is 71.9 Å². The van der Waals surface area contributed by atoms with E-state index in [1.807, 2.05) is 86.6 Å². The molecule has 0 saturated heterocycles. The van der Waals surface area contributed by atoms with Crippen LogP contribution < -0.4 is 10.2 Å². The molecule has 0 radical (unpaired) electrons. The number of pyridine rings is 2. The fourth-order valence-corrected chi connectivity index (χ4v) is 5.30. The number of benzene rings is 4. The minimum absolute atomic E-state index is 0. The number of hydrogen-bond acceptors (Lipinski definition) is 16. The van der Waals surface area contributed by atoms with Crippen molar-refractivity contribution in [2.24, 2.45) is 9.98 Å². The summed E-state index contributed by atoms with van der Waals surface area (Å²) in [5.74, 6) is 0.964. The van der Waals surface area contributed by atoms with Crippen molar-refractivity contribution in [3.05, 3.63) is 156 Å². The molecule has 16 nitrogen and oxygen atoms in total. The van der Waals surface area contributed by atoms with Gasteiger partial charge in [0.25, 0.3) is 0 Å². The molecule has 0 N–H and O–H groups in total. The molecule has 6 rings (SSSR count). The second-order valence-electron chi connectivity index (χ2n) is 15.4. The van der Waals surface area contributed by atoms with Crippen molar-refractivity contribution in [2.75, 3.05) is 0 Å². The van der Waals surface area contributed by atoms with E-state index in [0.717, 1.165) is 34.2 Å². The van der Waals surface area contributed by atoms with Gasteiger partial charge in [-0.1, -0.05) is 124 Å². The van der Waals surface area contributed by atoms with Crippen LogP contribution in [0, 0.1) is 45.3 Å². The van der Waals surface area contributed by atoms with Crippen molar-refractivity contribution in [2.45, 2.75) is 92.1 Å². The number of rotatable bonds is 8. The van der Waals surface area contributed by atoms with E-state index in [4.69, 9.17) is 47.0 Å². The topological polar surface area (TPSA) is 306 Å². The third-order valence-corrected chi connectivity index (χ3v) is 9.98. The summed E-state index contributed by atoms with van der Waals surface area (Å²) in [4.78, 5) is 18.6. The monoisotopic (exact) mass is 1330 g/mol. The predicted molar refractivity (Wildman–Crippen MR) is 280 cm³/mol. The van der Waals surface area contributed by atoms with Gasteiger partial charge in [0.15, 0.2) is 20.2 Å². The van der Waals surface area contributed by atoms with Crippen LogP contribution in [0.25, 0.3) is 22.5 Å². The van der Waals surface area contributed by atoms with Crippen LogP contribution in [0.4, 0.5) is 37.7 Å². The zero-order valence-corrected chi connectivity index (χ0v) is 49.2. The standard InChI is InChI=1S/2C22H22N2O.4C2H3N.2CHF3O3S.2Pd/c2*1-15(2)17-11-13-18(14-12-17)23-16(3)20-8-6-9-21(24-20)19-7-4-5-10-22(19)25;4*1-2-3;2*2-1(3,4)8(5,6)7;;/h2*4-15,25H,1-3H3;4*1H3;2*(H,5,6,7);;/q;;;;;;;;2*+2/p-4. The molecule has 26 heteroatoms. The minimum atomic E-state index is -6.09. The van der Waals surface area contributed by atoms with Crippen molar-refractivity contribution in [1.82, 2.24) is 9.97 Å². The number of nitrogens with zero attached hydrogens (tertiary/aromatic N) is 8. The van der Waals surface area contributed by atoms with Crippen molar-refractivity contribution in [3.63, 3.8) is 0 Å². The number of para-hydroxylation sites is 2. The Morgan fingerprint density at radius 1 is 0.475 bits per heavy atom. The van der Waals surface area contributed by atoms with E-state index in [0.29, 0.717) is 34.4 Å². The number of halogens is 6. The molecule has 0 saturated carbocycles. The van der Waals surface area contributed by atoms with Gasteiger partial charge in [-0.15, -0.1) is 0 Å². The summed E-state index contributed by atoms with van der Waals surface area (Å²) in [7, 11) is -12.2. The van der Waals surface area contributed by atoms with Gasteiger partial charge in [-0.05, 0) is 96.5 Å². The van der Waals surface area contributed by atoms with Crippen LogP contribution in [-0.2, 0) is 61.1 Å². The molecule has 0 fully saturated rings. The maximum Gasteiger partial charge on any atom is 2.00 e. The maximum atomic E-state index is 12.0. The van der Waals surface area contributed by atoms with Crippen molar-refractivity contribution >= 4 is 43.0 Å². The molecule has 2 heterocycles. The number of hydrogen-bond donors (Lipinski definition) is 0. The Labute approximate surface area is 490 Å². The Morgan fingerprint density at radius 2 is 0.713 bits per heavy atom. The molecular formula is C54H54F6N8O8Pd2S2. The minimum Gasteiger partial charge on any atom is -0.872 e. The van der Waals surface area contributed by atoms with Gasteiger partial charge in [0, 0.05) is 27.7 Å². The first kappa shape index (κ1) is 79.3. The van der Waals surface area contributed by atoms with Gasteiger partial charge >= 0.3 is 51.9 Å². The molecule has 0 unspecified atom stereocenters. The molecule has 0 aliphatic rings.